The van der Waals surface area contributed by atoms with Crippen molar-refractivity contribution in [1.29, 1.82) is 0 Å². The van der Waals surface area contributed by atoms with Gasteiger partial charge in [0.05, 0.1) is 16.5 Å². The zero-order valence-electron chi connectivity index (χ0n) is 11.9. The third kappa shape index (κ3) is 4.17. The summed E-state index contributed by atoms with van der Waals surface area (Å²) in [6.45, 7) is 1.24. The highest BCUT2D eigenvalue weighted by Crippen LogP contribution is 2.32. The van der Waals surface area contributed by atoms with E-state index in [0.717, 1.165) is 4.90 Å². The van der Waals surface area contributed by atoms with E-state index >= 15 is 0 Å². The largest absolute Gasteiger partial charge is 0.419 e. The molecule has 1 aromatic carbocycles. The van der Waals surface area contributed by atoms with Gasteiger partial charge in [-0.3, -0.25) is 4.79 Å². The standard InChI is InChI=1S/C12H14F4N2O3S/c1-7(11(19)18(2)3)17-22(20,21)8-4-5-10(13)9(6-8)12(14,15)16/h4-7,17H,1-3H3/t7-/m1/s1. The van der Waals surface area contributed by atoms with E-state index in [0.29, 0.717) is 12.1 Å². The highest BCUT2D eigenvalue weighted by Gasteiger charge is 2.35. The monoisotopic (exact) mass is 342 g/mol. The van der Waals surface area contributed by atoms with Crippen LogP contribution in [0.5, 0.6) is 0 Å². The lowest BCUT2D eigenvalue weighted by atomic mass is 10.2. The number of rotatable bonds is 4. The lowest BCUT2D eigenvalue weighted by molar-refractivity contribution is -0.140. The van der Waals surface area contributed by atoms with Gasteiger partial charge in [-0.05, 0) is 25.1 Å². The number of hydrogen-bond donors (Lipinski definition) is 1. The van der Waals surface area contributed by atoms with Crippen LogP contribution in [0.3, 0.4) is 0 Å². The van der Waals surface area contributed by atoms with Gasteiger partial charge in [-0.25, -0.2) is 12.8 Å². The molecule has 0 aliphatic heterocycles. The van der Waals surface area contributed by atoms with Crippen LogP contribution in [0.25, 0.3) is 0 Å². The van der Waals surface area contributed by atoms with Crippen molar-refractivity contribution in [3.8, 4) is 0 Å². The Kier molecular flexibility index (Phi) is 5.18. The zero-order valence-corrected chi connectivity index (χ0v) is 12.7. The molecule has 0 aromatic heterocycles. The van der Waals surface area contributed by atoms with Gasteiger partial charge >= 0.3 is 6.18 Å². The number of benzene rings is 1. The molecule has 0 radical (unpaired) electrons. The van der Waals surface area contributed by atoms with Crippen molar-refractivity contribution in [2.45, 2.75) is 24.0 Å². The van der Waals surface area contributed by atoms with Gasteiger partial charge in [0.2, 0.25) is 15.9 Å². The Balaban J connectivity index is 3.17. The molecule has 0 aliphatic carbocycles. The van der Waals surface area contributed by atoms with Crippen molar-refractivity contribution in [3.05, 3.63) is 29.6 Å². The van der Waals surface area contributed by atoms with Crippen LogP contribution in [0.1, 0.15) is 12.5 Å². The molecule has 5 nitrogen and oxygen atoms in total. The Bertz CT molecular complexity index is 671. The van der Waals surface area contributed by atoms with Gasteiger partial charge in [0.25, 0.3) is 0 Å². The van der Waals surface area contributed by atoms with E-state index in [9.17, 15) is 30.8 Å². The molecule has 10 heteroatoms. The van der Waals surface area contributed by atoms with E-state index in [1.807, 2.05) is 4.72 Å². The predicted octanol–water partition coefficient (Wildman–Crippen LogP) is 1.60. The summed E-state index contributed by atoms with van der Waals surface area (Å²) in [5.74, 6) is -2.16. The summed E-state index contributed by atoms with van der Waals surface area (Å²) in [7, 11) is -1.61. The maximum atomic E-state index is 13.2. The minimum Gasteiger partial charge on any atom is -0.347 e. The summed E-state index contributed by atoms with van der Waals surface area (Å²) in [5, 5.41) is 0. The summed E-state index contributed by atoms with van der Waals surface area (Å²) < 4.78 is 76.9. The summed E-state index contributed by atoms with van der Waals surface area (Å²) >= 11 is 0. The van der Waals surface area contributed by atoms with Crippen molar-refractivity contribution in [2.75, 3.05) is 14.1 Å². The quantitative estimate of drug-likeness (QED) is 0.845. The fourth-order valence-corrected chi connectivity index (χ4v) is 2.85. The third-order valence-electron chi connectivity index (χ3n) is 2.70. The first kappa shape index (κ1) is 18.4. The lowest BCUT2D eigenvalue weighted by Gasteiger charge is -2.18. The minimum atomic E-state index is -5.03. The number of sulfonamides is 1. The minimum absolute atomic E-state index is 0.185. The molecule has 1 amide bonds. The number of likely N-dealkylation sites (N-methyl/N-ethyl adjacent to an activating group) is 1. The van der Waals surface area contributed by atoms with Gasteiger partial charge in [-0.2, -0.15) is 17.9 Å². The van der Waals surface area contributed by atoms with Gasteiger partial charge in [0.1, 0.15) is 5.82 Å². The van der Waals surface area contributed by atoms with E-state index in [1.165, 1.54) is 21.0 Å². The van der Waals surface area contributed by atoms with Crippen LogP contribution in [0.2, 0.25) is 0 Å². The molecule has 1 aromatic rings. The Labute approximate surface area is 125 Å². The van der Waals surface area contributed by atoms with E-state index < -0.39 is 44.4 Å². The van der Waals surface area contributed by atoms with Crippen LogP contribution in [-0.4, -0.2) is 39.4 Å². The fourth-order valence-electron chi connectivity index (χ4n) is 1.63. The second-order valence-corrected chi connectivity index (χ2v) is 6.43. The molecule has 0 heterocycles. The van der Waals surface area contributed by atoms with Gasteiger partial charge in [0.15, 0.2) is 0 Å². The van der Waals surface area contributed by atoms with Crippen LogP contribution in [0.4, 0.5) is 17.6 Å². The number of nitrogens with one attached hydrogen (secondary N) is 1. The fraction of sp³-hybridized carbons (Fsp3) is 0.417. The molecule has 0 spiro atoms. The van der Waals surface area contributed by atoms with Gasteiger partial charge in [-0.1, -0.05) is 0 Å². The Morgan fingerprint density at radius 1 is 1.27 bits per heavy atom. The summed E-state index contributed by atoms with van der Waals surface area (Å²) in [6.07, 6.45) is -5.03. The topological polar surface area (TPSA) is 66.5 Å². The summed E-state index contributed by atoms with van der Waals surface area (Å²) in [5.41, 5.74) is -1.69. The molecule has 0 bridgehead atoms. The van der Waals surface area contributed by atoms with Crippen molar-refractivity contribution >= 4 is 15.9 Å². The Morgan fingerprint density at radius 2 is 1.82 bits per heavy atom. The second-order valence-electron chi connectivity index (χ2n) is 4.72. The SMILES string of the molecule is C[C@@H](NS(=O)(=O)c1ccc(F)c(C(F)(F)F)c1)C(=O)N(C)C. The molecule has 0 saturated carbocycles. The number of carbonyl (C=O) groups excluding carboxylic acids is 1. The molecule has 1 atom stereocenters. The smallest absolute Gasteiger partial charge is 0.347 e. The van der Waals surface area contributed by atoms with Crippen LogP contribution in [0.15, 0.2) is 23.1 Å². The molecule has 124 valence electrons. The lowest BCUT2D eigenvalue weighted by Crippen LogP contribution is -2.44. The van der Waals surface area contributed by atoms with Gasteiger partial charge in [-0.15, -0.1) is 0 Å². The number of alkyl halides is 3. The normalized spacial score (nSPS) is 13.8. The maximum absolute atomic E-state index is 13.2. The highest BCUT2D eigenvalue weighted by atomic mass is 32.2. The van der Waals surface area contributed by atoms with Crippen molar-refractivity contribution in [1.82, 2.24) is 9.62 Å². The Hall–Kier alpha value is -1.68. The van der Waals surface area contributed by atoms with E-state index in [4.69, 9.17) is 0 Å². The van der Waals surface area contributed by atoms with Crippen LogP contribution in [-0.2, 0) is 21.0 Å². The number of carbonyl (C=O) groups is 1. The van der Waals surface area contributed by atoms with Gasteiger partial charge < -0.3 is 4.90 Å². The third-order valence-corrected chi connectivity index (χ3v) is 4.24. The van der Waals surface area contributed by atoms with Crippen molar-refractivity contribution in [2.24, 2.45) is 0 Å². The van der Waals surface area contributed by atoms with E-state index in [1.54, 1.807) is 0 Å². The van der Waals surface area contributed by atoms with Crippen LogP contribution >= 0.6 is 0 Å². The number of hydrogen-bond acceptors (Lipinski definition) is 3. The van der Waals surface area contributed by atoms with E-state index in [-0.39, 0.29) is 6.07 Å². The van der Waals surface area contributed by atoms with Crippen LogP contribution < -0.4 is 4.72 Å². The van der Waals surface area contributed by atoms with Crippen molar-refractivity contribution < 1.29 is 30.8 Å². The number of amides is 1. The first-order valence-electron chi connectivity index (χ1n) is 5.96. The summed E-state index contributed by atoms with van der Waals surface area (Å²) in [6, 6.07) is 0.111. The van der Waals surface area contributed by atoms with E-state index in [2.05, 4.69) is 0 Å². The summed E-state index contributed by atoms with van der Waals surface area (Å²) in [4.78, 5) is 11.9. The molecule has 0 aliphatic rings. The maximum Gasteiger partial charge on any atom is 0.419 e. The van der Waals surface area contributed by atoms with Crippen molar-refractivity contribution in [3.63, 3.8) is 0 Å². The molecule has 0 unspecified atom stereocenters. The molecule has 0 saturated heterocycles. The van der Waals surface area contributed by atoms with Gasteiger partial charge in [0, 0.05) is 14.1 Å². The van der Waals surface area contributed by atoms with Crippen LogP contribution in [0, 0.1) is 5.82 Å². The number of halogens is 4. The zero-order chi connectivity index (χ0) is 17.3. The average Bonchev–Trinajstić information content (AvgIpc) is 2.35. The molecule has 1 N–H and O–H groups in total. The highest BCUT2D eigenvalue weighted by molar-refractivity contribution is 7.89. The first-order chi connectivity index (χ1) is 9.86. The number of nitrogens with zero attached hydrogens (tertiary/aromatic N) is 1. The Morgan fingerprint density at radius 3 is 2.27 bits per heavy atom. The first-order valence-corrected chi connectivity index (χ1v) is 7.45. The molecule has 0 fully saturated rings. The molecular weight excluding hydrogens is 328 g/mol. The average molecular weight is 342 g/mol. The predicted molar refractivity (Wildman–Crippen MR) is 69.9 cm³/mol. The molecule has 1 rings (SSSR count). The molecular formula is C12H14F4N2O3S. The molecule has 22 heavy (non-hydrogen) atoms. The second kappa shape index (κ2) is 6.21.